The Morgan fingerprint density at radius 1 is 1.17 bits per heavy atom. The summed E-state index contributed by atoms with van der Waals surface area (Å²) in [6, 6.07) is 8.19. The van der Waals surface area contributed by atoms with Gasteiger partial charge in [0.05, 0.1) is 0 Å². The third-order valence-corrected chi connectivity index (χ3v) is 6.02. The number of rotatable bonds is 5. The molecule has 8 nitrogen and oxygen atoms in total. The molecule has 1 saturated carbocycles. The highest BCUT2D eigenvalue weighted by atomic mass is 16.5. The van der Waals surface area contributed by atoms with E-state index in [4.69, 9.17) is 4.74 Å². The van der Waals surface area contributed by atoms with Gasteiger partial charge in [-0.1, -0.05) is 39.0 Å². The second-order valence-electron chi connectivity index (χ2n) is 9.12. The highest BCUT2D eigenvalue weighted by molar-refractivity contribution is 6.08. The van der Waals surface area contributed by atoms with Gasteiger partial charge < -0.3 is 15.4 Å². The molecule has 3 rings (SSSR count). The summed E-state index contributed by atoms with van der Waals surface area (Å²) in [5.41, 5.74) is -0.193. The topological polar surface area (TPSA) is 105 Å². The zero-order valence-electron chi connectivity index (χ0n) is 17.7. The van der Waals surface area contributed by atoms with Gasteiger partial charge in [-0.25, -0.2) is 4.79 Å². The number of hydrogen-bond donors (Lipinski definition) is 2. The van der Waals surface area contributed by atoms with Crippen molar-refractivity contribution in [3.05, 3.63) is 30.3 Å². The first kappa shape index (κ1) is 21.8. The molecule has 30 heavy (non-hydrogen) atoms. The van der Waals surface area contributed by atoms with E-state index >= 15 is 0 Å². The van der Waals surface area contributed by atoms with E-state index in [1.54, 1.807) is 24.3 Å². The van der Waals surface area contributed by atoms with Crippen LogP contribution in [0, 0.1) is 11.3 Å². The summed E-state index contributed by atoms with van der Waals surface area (Å²) in [7, 11) is 0. The summed E-state index contributed by atoms with van der Waals surface area (Å²) in [5, 5.41) is 5.39. The molecule has 2 aliphatic rings. The zero-order chi connectivity index (χ0) is 21.9. The fourth-order valence-electron chi connectivity index (χ4n) is 4.17. The maximum atomic E-state index is 12.9. The molecular formula is C22H29N3O5. The Labute approximate surface area is 176 Å². The van der Waals surface area contributed by atoms with Gasteiger partial charge in [-0.2, -0.15) is 0 Å². The van der Waals surface area contributed by atoms with Crippen LogP contribution in [0.1, 0.15) is 46.5 Å². The average molecular weight is 415 g/mol. The monoisotopic (exact) mass is 415 g/mol. The molecule has 1 aliphatic heterocycles. The van der Waals surface area contributed by atoms with E-state index in [9.17, 15) is 19.2 Å². The normalized spacial score (nSPS) is 24.0. The zero-order valence-corrected chi connectivity index (χ0v) is 17.7. The van der Waals surface area contributed by atoms with Crippen LogP contribution in [-0.4, -0.2) is 47.4 Å². The van der Waals surface area contributed by atoms with Crippen molar-refractivity contribution in [3.63, 3.8) is 0 Å². The van der Waals surface area contributed by atoms with Gasteiger partial charge in [0.15, 0.2) is 6.61 Å². The number of carbonyl (C=O) groups is 4. The molecule has 0 unspecified atom stereocenters. The van der Waals surface area contributed by atoms with Crippen molar-refractivity contribution in [3.8, 4) is 0 Å². The van der Waals surface area contributed by atoms with Crippen LogP contribution in [0.4, 0.5) is 10.5 Å². The number of nitrogens with zero attached hydrogens (tertiary/aromatic N) is 1. The number of nitrogens with one attached hydrogen (secondary N) is 2. The molecule has 8 heteroatoms. The molecule has 2 fully saturated rings. The third-order valence-electron chi connectivity index (χ3n) is 6.02. The van der Waals surface area contributed by atoms with E-state index in [1.807, 2.05) is 6.07 Å². The number of para-hydroxylation sites is 1. The van der Waals surface area contributed by atoms with Gasteiger partial charge in [0, 0.05) is 5.69 Å². The van der Waals surface area contributed by atoms with Gasteiger partial charge in [-0.05, 0) is 49.1 Å². The van der Waals surface area contributed by atoms with Crippen molar-refractivity contribution in [2.24, 2.45) is 11.3 Å². The minimum Gasteiger partial charge on any atom is -0.454 e. The number of imide groups is 1. The van der Waals surface area contributed by atoms with Crippen LogP contribution in [0.15, 0.2) is 30.3 Å². The van der Waals surface area contributed by atoms with Crippen LogP contribution in [-0.2, 0) is 19.1 Å². The van der Waals surface area contributed by atoms with Gasteiger partial charge in [0.2, 0.25) is 0 Å². The Hall–Kier alpha value is -2.90. The molecule has 0 aromatic heterocycles. The second kappa shape index (κ2) is 8.45. The van der Waals surface area contributed by atoms with Gasteiger partial charge in [0.1, 0.15) is 12.1 Å². The molecule has 1 saturated heterocycles. The maximum Gasteiger partial charge on any atom is 0.326 e. The van der Waals surface area contributed by atoms with Crippen LogP contribution in [0.25, 0.3) is 0 Å². The highest BCUT2D eigenvalue weighted by Gasteiger charge is 2.53. The molecule has 2 N–H and O–H groups in total. The van der Waals surface area contributed by atoms with Crippen LogP contribution >= 0.6 is 0 Å². The van der Waals surface area contributed by atoms with Gasteiger partial charge in [0.25, 0.3) is 11.8 Å². The van der Waals surface area contributed by atoms with Crippen molar-refractivity contribution in [1.29, 1.82) is 0 Å². The fraction of sp³-hybridized carbons (Fsp3) is 0.545. The van der Waals surface area contributed by atoms with E-state index in [0.29, 0.717) is 24.4 Å². The second-order valence-corrected chi connectivity index (χ2v) is 9.12. The van der Waals surface area contributed by atoms with Crippen molar-refractivity contribution in [2.75, 3.05) is 18.5 Å². The van der Waals surface area contributed by atoms with E-state index in [2.05, 4.69) is 31.4 Å². The van der Waals surface area contributed by atoms with E-state index in [1.165, 1.54) is 0 Å². The minimum atomic E-state index is -0.927. The lowest BCUT2D eigenvalue weighted by atomic mass is 9.67. The first-order valence-electron chi connectivity index (χ1n) is 10.3. The van der Waals surface area contributed by atoms with E-state index < -0.39 is 36.6 Å². The number of urea groups is 1. The predicted octanol–water partition coefficient (Wildman–Crippen LogP) is 2.70. The highest BCUT2D eigenvalue weighted by Crippen LogP contribution is 2.43. The molecule has 0 atom stereocenters. The van der Waals surface area contributed by atoms with E-state index in [-0.39, 0.29) is 11.3 Å². The van der Waals surface area contributed by atoms with Gasteiger partial charge in [-0.15, -0.1) is 0 Å². The Kier molecular flexibility index (Phi) is 6.14. The minimum absolute atomic E-state index is 0.150. The lowest BCUT2D eigenvalue weighted by Gasteiger charge is -2.40. The Balaban J connectivity index is 1.50. The SMILES string of the molecule is CC(C)(C)C1CCC2(CC1)NC(=O)N(CC(=O)OCC(=O)Nc1ccccc1)C2=O. The Morgan fingerprint density at radius 3 is 2.40 bits per heavy atom. The van der Waals surface area contributed by atoms with Crippen LogP contribution in [0.3, 0.4) is 0 Å². The van der Waals surface area contributed by atoms with Crippen molar-refractivity contribution >= 4 is 29.5 Å². The number of carbonyl (C=O) groups excluding carboxylic acids is 4. The third kappa shape index (κ3) is 4.80. The molecule has 162 valence electrons. The molecule has 1 heterocycles. The van der Waals surface area contributed by atoms with Gasteiger partial charge in [-0.3, -0.25) is 19.3 Å². The quantitative estimate of drug-likeness (QED) is 0.568. The van der Waals surface area contributed by atoms with Crippen LogP contribution < -0.4 is 10.6 Å². The maximum absolute atomic E-state index is 12.9. The lowest BCUT2D eigenvalue weighted by molar-refractivity contribution is -0.150. The molecule has 1 aliphatic carbocycles. The average Bonchev–Trinajstić information content (AvgIpc) is 2.91. The summed E-state index contributed by atoms with van der Waals surface area (Å²) in [6.07, 6.45) is 2.80. The standard InChI is InChI=1S/C22H29N3O5/c1-21(2,3)15-9-11-22(12-10-15)19(28)25(20(29)24-22)13-18(27)30-14-17(26)23-16-7-5-4-6-8-16/h4-8,15H,9-14H2,1-3H3,(H,23,26)(H,24,29). The first-order chi connectivity index (χ1) is 14.1. The summed E-state index contributed by atoms with van der Waals surface area (Å²) in [5.74, 6) is -1.20. The largest absolute Gasteiger partial charge is 0.454 e. The van der Waals surface area contributed by atoms with Crippen molar-refractivity contribution < 1.29 is 23.9 Å². The number of ether oxygens (including phenoxy) is 1. The Bertz CT molecular complexity index is 823. The number of benzene rings is 1. The lowest BCUT2D eigenvalue weighted by Crippen LogP contribution is -2.50. The fourth-order valence-corrected chi connectivity index (χ4v) is 4.17. The smallest absolute Gasteiger partial charge is 0.326 e. The molecule has 1 spiro atoms. The van der Waals surface area contributed by atoms with Crippen LogP contribution in [0.5, 0.6) is 0 Å². The van der Waals surface area contributed by atoms with E-state index in [0.717, 1.165) is 17.7 Å². The number of amides is 4. The molecule has 0 bridgehead atoms. The number of esters is 1. The van der Waals surface area contributed by atoms with Crippen LogP contribution in [0.2, 0.25) is 0 Å². The number of hydrogen-bond acceptors (Lipinski definition) is 5. The summed E-state index contributed by atoms with van der Waals surface area (Å²) in [6.45, 7) is 5.55. The predicted molar refractivity (Wildman–Crippen MR) is 110 cm³/mol. The van der Waals surface area contributed by atoms with Gasteiger partial charge >= 0.3 is 12.0 Å². The Morgan fingerprint density at radius 2 is 1.80 bits per heavy atom. The molecular weight excluding hydrogens is 386 g/mol. The summed E-state index contributed by atoms with van der Waals surface area (Å²) < 4.78 is 4.95. The molecule has 1 aromatic rings. The van der Waals surface area contributed by atoms with Crippen molar-refractivity contribution in [1.82, 2.24) is 10.2 Å². The molecule has 0 radical (unpaired) electrons. The molecule has 1 aromatic carbocycles. The van der Waals surface area contributed by atoms with Crippen molar-refractivity contribution in [2.45, 2.75) is 52.0 Å². The summed E-state index contributed by atoms with van der Waals surface area (Å²) >= 11 is 0. The molecule has 4 amide bonds. The number of anilines is 1. The summed E-state index contributed by atoms with van der Waals surface area (Å²) in [4.78, 5) is 50.2. The first-order valence-corrected chi connectivity index (χ1v) is 10.3.